The first kappa shape index (κ1) is 15.4. The van der Waals surface area contributed by atoms with Crippen LogP contribution in [0, 0.1) is 5.41 Å². The van der Waals surface area contributed by atoms with E-state index in [1.165, 1.54) is 11.1 Å². The molecule has 2 rings (SSSR count). The van der Waals surface area contributed by atoms with Crippen molar-refractivity contribution in [1.29, 1.82) is 0 Å². The number of benzene rings is 1. The summed E-state index contributed by atoms with van der Waals surface area (Å²) in [6.45, 7) is 9.96. The van der Waals surface area contributed by atoms with Crippen LogP contribution >= 0.6 is 15.9 Å². The van der Waals surface area contributed by atoms with Crippen molar-refractivity contribution in [1.82, 2.24) is 5.32 Å². The Morgan fingerprint density at radius 2 is 2.05 bits per heavy atom. The Hall–Kier alpha value is -1.03. The lowest BCUT2D eigenvalue weighted by Crippen LogP contribution is -2.39. The van der Waals surface area contributed by atoms with Gasteiger partial charge < -0.3 is 10.1 Å². The number of ether oxygens (including phenoxy) is 1. The number of fused-ring (bicyclic) bond motifs is 1. The molecule has 1 aliphatic rings. The van der Waals surface area contributed by atoms with Crippen LogP contribution in [0.3, 0.4) is 0 Å². The van der Waals surface area contributed by atoms with E-state index in [0.29, 0.717) is 0 Å². The Labute approximate surface area is 129 Å². The Kier molecular flexibility index (Phi) is 3.89. The Balaban J connectivity index is 2.21. The van der Waals surface area contributed by atoms with Gasteiger partial charge in [-0.2, -0.15) is 0 Å². The summed E-state index contributed by atoms with van der Waals surface area (Å²) in [6.07, 6.45) is 0.591. The monoisotopic (exact) mass is 339 g/mol. The van der Waals surface area contributed by atoms with E-state index in [0.717, 1.165) is 10.9 Å². The Morgan fingerprint density at radius 3 is 2.65 bits per heavy atom. The third kappa shape index (κ3) is 3.35. The van der Waals surface area contributed by atoms with E-state index in [2.05, 4.69) is 47.2 Å². The van der Waals surface area contributed by atoms with E-state index in [4.69, 9.17) is 4.74 Å². The number of carbonyl (C=O) groups is 1. The first-order valence-corrected chi connectivity index (χ1v) is 7.66. The van der Waals surface area contributed by atoms with Crippen molar-refractivity contribution in [2.45, 2.75) is 52.7 Å². The fraction of sp³-hybridized carbons (Fsp3) is 0.562. The van der Waals surface area contributed by atoms with Crippen molar-refractivity contribution in [3.63, 3.8) is 0 Å². The predicted molar refractivity (Wildman–Crippen MR) is 83.7 cm³/mol. The van der Waals surface area contributed by atoms with Gasteiger partial charge in [-0.05, 0) is 55.9 Å². The van der Waals surface area contributed by atoms with Gasteiger partial charge in [0.2, 0.25) is 0 Å². The maximum absolute atomic E-state index is 12.0. The summed E-state index contributed by atoms with van der Waals surface area (Å²) in [5, 5.41) is 3.02. The van der Waals surface area contributed by atoms with Crippen LogP contribution in [0.15, 0.2) is 22.7 Å². The normalized spacial score (nSPS) is 20.4. The lowest BCUT2D eigenvalue weighted by molar-refractivity contribution is 0.0465. The molecule has 1 atom stereocenters. The zero-order chi connectivity index (χ0) is 15.1. The summed E-state index contributed by atoms with van der Waals surface area (Å²) in [6, 6.07) is 6.22. The molecule has 0 aliphatic heterocycles. The number of carbonyl (C=O) groups excluding carboxylic acids is 1. The SMILES string of the molecule is CC(C)(C)OC(=O)NC1c2ccc(Br)cc2CC1(C)C. The van der Waals surface area contributed by atoms with E-state index in [-0.39, 0.29) is 17.6 Å². The van der Waals surface area contributed by atoms with Crippen molar-refractivity contribution < 1.29 is 9.53 Å². The van der Waals surface area contributed by atoms with Crippen molar-refractivity contribution in [2.75, 3.05) is 0 Å². The minimum absolute atomic E-state index is 0.0135. The smallest absolute Gasteiger partial charge is 0.408 e. The number of halogens is 1. The van der Waals surface area contributed by atoms with Gasteiger partial charge in [0, 0.05) is 4.47 Å². The van der Waals surface area contributed by atoms with Crippen molar-refractivity contribution in [3.8, 4) is 0 Å². The van der Waals surface area contributed by atoms with E-state index in [1.54, 1.807) is 0 Å². The quantitative estimate of drug-likeness (QED) is 0.812. The number of alkyl carbamates (subject to hydrolysis) is 1. The maximum atomic E-state index is 12.0. The first-order chi connectivity index (χ1) is 9.08. The number of amides is 1. The molecule has 0 saturated carbocycles. The number of hydrogen-bond acceptors (Lipinski definition) is 2. The highest BCUT2D eigenvalue weighted by atomic mass is 79.9. The van der Waals surface area contributed by atoms with Gasteiger partial charge in [0.1, 0.15) is 5.60 Å². The van der Waals surface area contributed by atoms with Crippen molar-refractivity contribution in [2.24, 2.45) is 5.41 Å². The molecular weight excluding hydrogens is 318 g/mol. The molecule has 0 radical (unpaired) electrons. The summed E-state index contributed by atoms with van der Waals surface area (Å²) in [5.74, 6) is 0. The van der Waals surface area contributed by atoms with Crippen molar-refractivity contribution in [3.05, 3.63) is 33.8 Å². The second-order valence-corrected chi connectivity index (χ2v) is 8.00. The molecule has 0 bridgehead atoms. The summed E-state index contributed by atoms with van der Waals surface area (Å²) in [4.78, 5) is 12.0. The van der Waals surface area contributed by atoms with Gasteiger partial charge in [-0.3, -0.25) is 0 Å². The average molecular weight is 340 g/mol. The summed E-state index contributed by atoms with van der Waals surface area (Å²) < 4.78 is 6.45. The summed E-state index contributed by atoms with van der Waals surface area (Å²) in [5.41, 5.74) is 1.98. The highest BCUT2D eigenvalue weighted by Gasteiger charge is 2.40. The molecular formula is C16H22BrNO2. The topological polar surface area (TPSA) is 38.3 Å². The molecule has 0 spiro atoms. The number of rotatable bonds is 1. The molecule has 0 fully saturated rings. The molecule has 0 aromatic heterocycles. The van der Waals surface area contributed by atoms with E-state index in [1.807, 2.05) is 26.8 Å². The Morgan fingerprint density at radius 1 is 1.40 bits per heavy atom. The van der Waals surface area contributed by atoms with Gasteiger partial charge in [-0.1, -0.05) is 35.8 Å². The molecule has 20 heavy (non-hydrogen) atoms. The molecule has 1 aromatic rings. The van der Waals surface area contributed by atoms with Crippen LogP contribution in [0.25, 0.3) is 0 Å². The Bertz CT molecular complexity index is 532. The standard InChI is InChI=1S/C16H22BrNO2/c1-15(2,3)20-14(19)18-13-12-7-6-11(17)8-10(12)9-16(13,4)5/h6-8,13H,9H2,1-5H3,(H,18,19). The van der Waals surface area contributed by atoms with Crippen LogP contribution in [0.1, 0.15) is 51.8 Å². The zero-order valence-electron chi connectivity index (χ0n) is 12.7. The van der Waals surface area contributed by atoms with Gasteiger partial charge in [-0.25, -0.2) is 4.79 Å². The minimum atomic E-state index is -0.477. The van der Waals surface area contributed by atoms with Crippen LogP contribution in [-0.2, 0) is 11.2 Å². The third-order valence-corrected chi connectivity index (χ3v) is 4.00. The largest absolute Gasteiger partial charge is 0.444 e. The van der Waals surface area contributed by atoms with Gasteiger partial charge >= 0.3 is 6.09 Å². The van der Waals surface area contributed by atoms with E-state index in [9.17, 15) is 4.79 Å². The fourth-order valence-corrected chi connectivity index (χ4v) is 3.13. The molecule has 0 heterocycles. The van der Waals surface area contributed by atoms with Gasteiger partial charge in [0.05, 0.1) is 6.04 Å². The van der Waals surface area contributed by atoms with Gasteiger partial charge in [0.25, 0.3) is 0 Å². The molecule has 110 valence electrons. The van der Waals surface area contributed by atoms with E-state index >= 15 is 0 Å². The van der Waals surface area contributed by atoms with Gasteiger partial charge in [0.15, 0.2) is 0 Å². The highest BCUT2D eigenvalue weighted by Crippen LogP contribution is 2.45. The lowest BCUT2D eigenvalue weighted by Gasteiger charge is -2.30. The maximum Gasteiger partial charge on any atom is 0.408 e. The molecule has 1 N–H and O–H groups in total. The number of nitrogens with one attached hydrogen (secondary N) is 1. The van der Waals surface area contributed by atoms with Gasteiger partial charge in [-0.15, -0.1) is 0 Å². The number of hydrogen-bond donors (Lipinski definition) is 1. The zero-order valence-corrected chi connectivity index (χ0v) is 14.3. The lowest BCUT2D eigenvalue weighted by atomic mass is 9.85. The molecule has 1 unspecified atom stereocenters. The van der Waals surface area contributed by atoms with Crippen LogP contribution in [0.2, 0.25) is 0 Å². The highest BCUT2D eigenvalue weighted by molar-refractivity contribution is 9.10. The molecule has 3 nitrogen and oxygen atoms in total. The fourth-order valence-electron chi connectivity index (χ4n) is 2.72. The summed E-state index contributed by atoms with van der Waals surface area (Å²) >= 11 is 3.50. The predicted octanol–water partition coefficient (Wildman–Crippen LogP) is 4.60. The molecule has 1 amide bonds. The second-order valence-electron chi connectivity index (χ2n) is 7.09. The third-order valence-electron chi connectivity index (χ3n) is 3.50. The molecule has 4 heteroatoms. The van der Waals surface area contributed by atoms with E-state index < -0.39 is 5.60 Å². The average Bonchev–Trinajstić information content (AvgIpc) is 2.46. The summed E-state index contributed by atoms with van der Waals surface area (Å²) in [7, 11) is 0. The van der Waals surface area contributed by atoms with Crippen LogP contribution in [0.4, 0.5) is 4.79 Å². The minimum Gasteiger partial charge on any atom is -0.444 e. The molecule has 1 aromatic carbocycles. The van der Waals surface area contributed by atoms with Crippen molar-refractivity contribution >= 4 is 22.0 Å². The van der Waals surface area contributed by atoms with Crippen LogP contribution in [-0.4, -0.2) is 11.7 Å². The van der Waals surface area contributed by atoms with Crippen LogP contribution < -0.4 is 5.32 Å². The molecule has 0 saturated heterocycles. The second kappa shape index (κ2) is 5.06. The molecule has 1 aliphatic carbocycles. The first-order valence-electron chi connectivity index (χ1n) is 6.86. The van der Waals surface area contributed by atoms with Crippen LogP contribution in [0.5, 0.6) is 0 Å².